The van der Waals surface area contributed by atoms with Crippen molar-refractivity contribution in [1.29, 1.82) is 0 Å². The number of pyridine rings is 1. The number of sulfonamides is 2. The van der Waals surface area contributed by atoms with E-state index in [9.17, 15) is 25.3 Å². The van der Waals surface area contributed by atoms with Crippen LogP contribution in [0.15, 0.2) is 106 Å². The van der Waals surface area contributed by atoms with Crippen LogP contribution in [-0.2, 0) is 29.9 Å². The number of aromatic nitrogens is 3. The number of sulfone groups is 1. The van der Waals surface area contributed by atoms with Gasteiger partial charge in [0.1, 0.15) is 5.82 Å². The minimum Gasteiger partial charge on any atom is -0.353 e. The van der Waals surface area contributed by atoms with Crippen LogP contribution < -0.4 is 10.0 Å². The van der Waals surface area contributed by atoms with Crippen LogP contribution in [0.1, 0.15) is 0 Å². The van der Waals surface area contributed by atoms with Gasteiger partial charge >= 0.3 is 0 Å². The summed E-state index contributed by atoms with van der Waals surface area (Å²) < 4.78 is 75.6. The number of nitrogens with two attached hydrogens (primary N) is 1. The Bertz CT molecular complexity index is 2250. The standard InChI is InChI=1S/C30H28N6O6S3/c1-43(37,38)24-7-9-25(10-8-24)45(41,42)36-14-12-35(13-15-36)30-20-33-27-11-6-21(17-28(27)34-30)22-16-23(19-32-18-22)26-4-2-3-5-29(26)44(31,39)40/h2-11,16-20H,12-15H2,1H3,(H2,31,39,40). The zero-order chi connectivity index (χ0) is 32.0. The predicted octanol–water partition coefficient (Wildman–Crippen LogP) is 2.92. The van der Waals surface area contributed by atoms with Crippen LogP contribution in [0.5, 0.6) is 0 Å². The predicted molar refractivity (Wildman–Crippen MR) is 170 cm³/mol. The number of fused-ring (bicyclic) bond motifs is 1. The third kappa shape index (κ3) is 6.30. The number of benzene rings is 3. The lowest BCUT2D eigenvalue weighted by atomic mass is 10.0. The van der Waals surface area contributed by atoms with E-state index in [1.807, 2.05) is 29.2 Å². The highest BCUT2D eigenvalue weighted by Gasteiger charge is 2.29. The molecule has 0 bridgehead atoms. The summed E-state index contributed by atoms with van der Waals surface area (Å²) in [6.07, 6.45) is 5.98. The summed E-state index contributed by atoms with van der Waals surface area (Å²) in [5.74, 6) is 0.600. The van der Waals surface area contributed by atoms with Crippen LogP contribution in [0.25, 0.3) is 33.3 Å². The molecule has 0 unspecified atom stereocenters. The molecule has 15 heteroatoms. The van der Waals surface area contributed by atoms with Crippen molar-refractivity contribution in [3.05, 3.63) is 91.4 Å². The van der Waals surface area contributed by atoms with Gasteiger partial charge in [0.25, 0.3) is 0 Å². The van der Waals surface area contributed by atoms with E-state index in [1.165, 1.54) is 34.6 Å². The van der Waals surface area contributed by atoms with Crippen molar-refractivity contribution < 1.29 is 25.3 Å². The maximum atomic E-state index is 13.2. The van der Waals surface area contributed by atoms with Gasteiger partial charge < -0.3 is 4.90 Å². The highest BCUT2D eigenvalue weighted by molar-refractivity contribution is 7.91. The first-order chi connectivity index (χ1) is 21.3. The van der Waals surface area contributed by atoms with Crippen molar-refractivity contribution in [1.82, 2.24) is 19.3 Å². The number of hydrogen-bond donors (Lipinski definition) is 1. The average molecular weight is 665 g/mol. The summed E-state index contributed by atoms with van der Waals surface area (Å²) in [7, 11) is -11.2. The molecule has 6 rings (SSSR count). The van der Waals surface area contributed by atoms with Gasteiger partial charge in [-0.15, -0.1) is 0 Å². The highest BCUT2D eigenvalue weighted by atomic mass is 32.2. The summed E-state index contributed by atoms with van der Waals surface area (Å²) in [5.41, 5.74) is 3.88. The molecule has 1 aliphatic heterocycles. The fourth-order valence-corrected chi connectivity index (χ4v) is 8.01. The molecule has 0 radical (unpaired) electrons. The Morgan fingerprint density at radius 2 is 1.36 bits per heavy atom. The number of piperazine rings is 1. The number of anilines is 1. The molecule has 2 aromatic heterocycles. The monoisotopic (exact) mass is 664 g/mol. The molecule has 0 saturated carbocycles. The normalized spacial score (nSPS) is 14.9. The Kier molecular flexibility index (Phi) is 7.91. The molecular formula is C30H28N6O6S3. The van der Waals surface area contributed by atoms with Gasteiger partial charge in [-0.2, -0.15) is 4.31 Å². The summed E-state index contributed by atoms with van der Waals surface area (Å²) >= 11 is 0. The van der Waals surface area contributed by atoms with E-state index in [-0.39, 0.29) is 27.8 Å². The molecule has 232 valence electrons. The zero-order valence-electron chi connectivity index (χ0n) is 24.0. The van der Waals surface area contributed by atoms with Gasteiger partial charge in [0.05, 0.1) is 31.9 Å². The SMILES string of the molecule is CS(=O)(=O)c1ccc(S(=O)(=O)N2CCN(c3cnc4ccc(-c5cncc(-c6ccccc6S(N)(=O)=O)c5)cc4n3)CC2)cc1. The van der Waals surface area contributed by atoms with Gasteiger partial charge in [0.15, 0.2) is 9.84 Å². The van der Waals surface area contributed by atoms with Crippen LogP contribution in [-0.4, -0.2) is 76.9 Å². The van der Waals surface area contributed by atoms with Crippen molar-refractivity contribution in [2.75, 3.05) is 37.3 Å². The smallest absolute Gasteiger partial charge is 0.243 e. The molecule has 1 aliphatic rings. The van der Waals surface area contributed by atoms with Gasteiger partial charge in [-0.3, -0.25) is 9.97 Å². The molecule has 2 N–H and O–H groups in total. The van der Waals surface area contributed by atoms with Crippen LogP contribution >= 0.6 is 0 Å². The van der Waals surface area contributed by atoms with Crippen LogP contribution in [0, 0.1) is 0 Å². The second-order valence-corrected chi connectivity index (χ2v) is 16.1. The molecule has 12 nitrogen and oxygen atoms in total. The Morgan fingerprint density at radius 1 is 0.689 bits per heavy atom. The fraction of sp³-hybridized carbons (Fsp3) is 0.167. The van der Waals surface area contributed by atoms with Gasteiger partial charge in [-0.25, -0.2) is 35.4 Å². The number of primary sulfonamides is 1. The van der Waals surface area contributed by atoms with Gasteiger partial charge in [0, 0.05) is 61.5 Å². The highest BCUT2D eigenvalue weighted by Crippen LogP contribution is 2.31. The van der Waals surface area contributed by atoms with E-state index in [0.29, 0.717) is 41.1 Å². The van der Waals surface area contributed by atoms with Gasteiger partial charge in [0.2, 0.25) is 20.0 Å². The van der Waals surface area contributed by atoms with Crippen LogP contribution in [0.2, 0.25) is 0 Å². The van der Waals surface area contributed by atoms with Gasteiger partial charge in [-0.1, -0.05) is 24.3 Å². The minimum atomic E-state index is -3.94. The van der Waals surface area contributed by atoms with E-state index in [0.717, 1.165) is 17.4 Å². The molecule has 0 atom stereocenters. The van der Waals surface area contributed by atoms with E-state index >= 15 is 0 Å². The second-order valence-electron chi connectivity index (χ2n) is 10.6. The van der Waals surface area contributed by atoms with E-state index in [2.05, 4.69) is 9.97 Å². The lowest BCUT2D eigenvalue weighted by Gasteiger charge is -2.34. The van der Waals surface area contributed by atoms with E-state index in [4.69, 9.17) is 10.1 Å². The van der Waals surface area contributed by atoms with Crippen molar-refractivity contribution in [3.8, 4) is 22.3 Å². The summed E-state index contributed by atoms with van der Waals surface area (Å²) in [5, 5.41) is 5.44. The number of nitrogens with zero attached hydrogens (tertiary/aromatic N) is 5. The third-order valence-electron chi connectivity index (χ3n) is 7.56. The second kappa shape index (κ2) is 11.6. The Labute approximate surface area is 261 Å². The number of hydrogen-bond acceptors (Lipinski definition) is 10. The first kappa shape index (κ1) is 30.7. The van der Waals surface area contributed by atoms with E-state index in [1.54, 1.807) is 36.8 Å². The maximum Gasteiger partial charge on any atom is 0.243 e. The molecule has 1 saturated heterocycles. The van der Waals surface area contributed by atoms with Crippen molar-refractivity contribution in [3.63, 3.8) is 0 Å². The molecule has 1 fully saturated rings. The lowest BCUT2D eigenvalue weighted by molar-refractivity contribution is 0.384. The molecule has 3 heterocycles. The largest absolute Gasteiger partial charge is 0.353 e. The molecule has 3 aromatic carbocycles. The molecular weight excluding hydrogens is 637 g/mol. The first-order valence-electron chi connectivity index (χ1n) is 13.7. The number of rotatable bonds is 7. The molecule has 0 aliphatic carbocycles. The van der Waals surface area contributed by atoms with Crippen LogP contribution in [0.3, 0.4) is 0 Å². The zero-order valence-corrected chi connectivity index (χ0v) is 26.4. The Hall–Kier alpha value is -4.28. The topological polar surface area (TPSA) is 174 Å². The van der Waals surface area contributed by atoms with Crippen LogP contribution in [0.4, 0.5) is 5.82 Å². The molecule has 45 heavy (non-hydrogen) atoms. The Balaban J connectivity index is 1.22. The van der Waals surface area contributed by atoms with Crippen molar-refractivity contribution in [2.45, 2.75) is 14.7 Å². The summed E-state index contributed by atoms with van der Waals surface area (Å²) in [6.45, 7) is 1.20. The minimum absolute atomic E-state index is 0.00993. The first-order valence-corrected chi connectivity index (χ1v) is 18.6. The molecule has 5 aromatic rings. The fourth-order valence-electron chi connectivity index (χ4n) is 5.20. The lowest BCUT2D eigenvalue weighted by Crippen LogP contribution is -2.48. The summed E-state index contributed by atoms with van der Waals surface area (Å²) in [4.78, 5) is 15.8. The summed E-state index contributed by atoms with van der Waals surface area (Å²) in [6, 6.07) is 19.1. The van der Waals surface area contributed by atoms with Crippen molar-refractivity contribution in [2.24, 2.45) is 5.14 Å². The van der Waals surface area contributed by atoms with E-state index < -0.39 is 29.9 Å². The van der Waals surface area contributed by atoms with Crippen molar-refractivity contribution >= 4 is 46.7 Å². The molecule has 0 amide bonds. The Morgan fingerprint density at radius 3 is 2.04 bits per heavy atom. The average Bonchev–Trinajstić information content (AvgIpc) is 3.03. The quantitative estimate of drug-likeness (QED) is 0.273. The maximum absolute atomic E-state index is 13.2. The molecule has 0 spiro atoms. The third-order valence-corrected chi connectivity index (χ3v) is 11.6. The van der Waals surface area contributed by atoms with Gasteiger partial charge in [-0.05, 0) is 54.1 Å².